The van der Waals surface area contributed by atoms with Gasteiger partial charge in [-0.05, 0) is 35.9 Å². The van der Waals surface area contributed by atoms with Gasteiger partial charge in [0.25, 0.3) is 17.6 Å². The van der Waals surface area contributed by atoms with Gasteiger partial charge in [0.15, 0.2) is 0 Å². The van der Waals surface area contributed by atoms with Gasteiger partial charge < -0.3 is 10.2 Å². The van der Waals surface area contributed by atoms with Crippen molar-refractivity contribution in [1.29, 1.82) is 0 Å². The largest absolute Gasteiger partial charge is 0.348 e. The maximum atomic E-state index is 13.8. The molecule has 5 nitrogen and oxygen atoms in total. The number of benzene rings is 3. The van der Waals surface area contributed by atoms with Crippen molar-refractivity contribution in [2.24, 2.45) is 0 Å². The van der Waals surface area contributed by atoms with E-state index in [2.05, 4.69) is 5.32 Å². The fourth-order valence-corrected chi connectivity index (χ4v) is 3.49. The first kappa shape index (κ1) is 22.1. The summed E-state index contributed by atoms with van der Waals surface area (Å²) in [7, 11) is 0. The van der Waals surface area contributed by atoms with Gasteiger partial charge in [-0.3, -0.25) is 14.4 Å². The maximum Gasteiger partial charge on any atom is 0.299 e. The van der Waals surface area contributed by atoms with E-state index in [0.29, 0.717) is 18.2 Å². The Kier molecular flexibility index (Phi) is 5.67. The van der Waals surface area contributed by atoms with Crippen LogP contribution in [0.5, 0.6) is 0 Å². The first-order valence-corrected chi connectivity index (χ1v) is 9.51. The van der Waals surface area contributed by atoms with E-state index in [1.54, 1.807) is 0 Å². The monoisotopic (exact) mass is 460 g/mol. The Hall–Kier alpha value is -4.08. The second kappa shape index (κ2) is 8.45. The number of Topliss-reactive ketones (excluding diaryl/α,β-unsaturated/α-hetero) is 1. The van der Waals surface area contributed by atoms with Crippen LogP contribution in [0.1, 0.15) is 31.8 Å². The number of anilines is 1. The standard InChI is InChI=1S/C23H13F5N2O3/c24-13-3-11(4-14(25)6-13)10-30-20-5-12(1-2-16(20)21(31)23(30)33)22(32)29-9-17-18(27)7-15(26)8-19(17)28/h1-8H,9-10H2,(H,29,32). The van der Waals surface area contributed by atoms with Crippen molar-refractivity contribution in [2.75, 3.05) is 4.90 Å². The number of amides is 2. The number of nitrogens with one attached hydrogen (secondary N) is 1. The second-order valence-corrected chi connectivity index (χ2v) is 7.26. The van der Waals surface area contributed by atoms with E-state index in [4.69, 9.17) is 0 Å². The summed E-state index contributed by atoms with van der Waals surface area (Å²) in [5.74, 6) is -7.77. The van der Waals surface area contributed by atoms with Crippen molar-refractivity contribution >= 4 is 23.3 Å². The minimum Gasteiger partial charge on any atom is -0.348 e. The number of carbonyl (C=O) groups excluding carboxylic acids is 3. The van der Waals surface area contributed by atoms with Gasteiger partial charge in [-0.15, -0.1) is 0 Å². The van der Waals surface area contributed by atoms with E-state index in [9.17, 15) is 36.3 Å². The number of nitrogens with zero attached hydrogens (tertiary/aromatic N) is 1. The fourth-order valence-electron chi connectivity index (χ4n) is 3.49. The molecule has 1 aliphatic rings. The molecule has 0 saturated heterocycles. The Morgan fingerprint density at radius 3 is 2.06 bits per heavy atom. The van der Waals surface area contributed by atoms with Crippen LogP contribution in [0.4, 0.5) is 27.6 Å². The van der Waals surface area contributed by atoms with E-state index in [0.717, 1.165) is 17.0 Å². The molecule has 1 N–H and O–H groups in total. The highest BCUT2D eigenvalue weighted by atomic mass is 19.2. The molecule has 3 aromatic rings. The second-order valence-electron chi connectivity index (χ2n) is 7.26. The van der Waals surface area contributed by atoms with E-state index < -0.39 is 58.8 Å². The van der Waals surface area contributed by atoms with Crippen LogP contribution in [0.3, 0.4) is 0 Å². The Morgan fingerprint density at radius 1 is 0.818 bits per heavy atom. The molecule has 4 rings (SSSR count). The average Bonchev–Trinajstić information content (AvgIpc) is 2.96. The van der Waals surface area contributed by atoms with Crippen LogP contribution in [0.15, 0.2) is 48.5 Å². The third-order valence-electron chi connectivity index (χ3n) is 5.03. The predicted octanol–water partition coefficient (Wildman–Crippen LogP) is 4.04. The molecule has 0 fully saturated rings. The molecule has 0 radical (unpaired) electrons. The smallest absolute Gasteiger partial charge is 0.299 e. The summed E-state index contributed by atoms with van der Waals surface area (Å²) >= 11 is 0. The zero-order valence-electron chi connectivity index (χ0n) is 16.6. The summed E-state index contributed by atoms with van der Waals surface area (Å²) in [6, 6.07) is 7.29. The van der Waals surface area contributed by atoms with Gasteiger partial charge in [0, 0.05) is 35.9 Å². The first-order chi connectivity index (χ1) is 15.6. The third-order valence-corrected chi connectivity index (χ3v) is 5.03. The summed E-state index contributed by atoms with van der Waals surface area (Å²) < 4.78 is 67.6. The number of hydrogen-bond acceptors (Lipinski definition) is 3. The van der Waals surface area contributed by atoms with Gasteiger partial charge >= 0.3 is 0 Å². The molecule has 0 saturated carbocycles. The average molecular weight is 460 g/mol. The van der Waals surface area contributed by atoms with Gasteiger partial charge in [-0.1, -0.05) is 0 Å². The molecule has 0 aromatic heterocycles. The topological polar surface area (TPSA) is 66.5 Å². The van der Waals surface area contributed by atoms with Crippen molar-refractivity contribution < 1.29 is 36.3 Å². The number of ketones is 1. The molecule has 33 heavy (non-hydrogen) atoms. The van der Waals surface area contributed by atoms with Crippen LogP contribution in [0, 0.1) is 29.1 Å². The highest BCUT2D eigenvalue weighted by Gasteiger charge is 2.36. The summed E-state index contributed by atoms with van der Waals surface area (Å²) in [4.78, 5) is 38.2. The fraction of sp³-hybridized carbons (Fsp3) is 0.0870. The number of fused-ring (bicyclic) bond motifs is 1. The quantitative estimate of drug-likeness (QED) is 0.462. The molecule has 1 heterocycles. The van der Waals surface area contributed by atoms with E-state index in [-0.39, 0.29) is 28.9 Å². The minimum absolute atomic E-state index is 0.0101. The zero-order valence-corrected chi connectivity index (χ0v) is 16.6. The van der Waals surface area contributed by atoms with Crippen LogP contribution in [-0.4, -0.2) is 17.6 Å². The maximum absolute atomic E-state index is 13.8. The molecule has 0 aliphatic carbocycles. The molecule has 10 heteroatoms. The Balaban J connectivity index is 1.58. The van der Waals surface area contributed by atoms with E-state index >= 15 is 0 Å². The third kappa shape index (κ3) is 4.32. The summed E-state index contributed by atoms with van der Waals surface area (Å²) in [6.07, 6.45) is 0. The van der Waals surface area contributed by atoms with E-state index in [1.165, 1.54) is 18.2 Å². The van der Waals surface area contributed by atoms with E-state index in [1.807, 2.05) is 0 Å². The highest BCUT2D eigenvalue weighted by Crippen LogP contribution is 2.31. The van der Waals surface area contributed by atoms with Crippen LogP contribution < -0.4 is 10.2 Å². The van der Waals surface area contributed by atoms with Gasteiger partial charge in [-0.2, -0.15) is 0 Å². The number of halogens is 5. The Bertz CT molecular complexity index is 1280. The van der Waals surface area contributed by atoms with Crippen LogP contribution in [0.2, 0.25) is 0 Å². The summed E-state index contributed by atoms with van der Waals surface area (Å²) in [5.41, 5.74) is -0.482. The van der Waals surface area contributed by atoms with Crippen molar-refractivity contribution in [1.82, 2.24) is 5.32 Å². The van der Waals surface area contributed by atoms with Crippen molar-refractivity contribution in [3.05, 3.63) is 99.9 Å². The van der Waals surface area contributed by atoms with Crippen molar-refractivity contribution in [3.63, 3.8) is 0 Å². The highest BCUT2D eigenvalue weighted by molar-refractivity contribution is 6.52. The van der Waals surface area contributed by atoms with Gasteiger partial charge in [-0.25, -0.2) is 22.0 Å². The molecule has 0 atom stereocenters. The Labute approximate surface area is 183 Å². The molecule has 168 valence electrons. The summed E-state index contributed by atoms with van der Waals surface area (Å²) in [6.45, 7) is -0.915. The van der Waals surface area contributed by atoms with Gasteiger partial charge in [0.2, 0.25) is 0 Å². The molecule has 1 aliphatic heterocycles. The lowest BCUT2D eigenvalue weighted by Crippen LogP contribution is -2.29. The van der Waals surface area contributed by atoms with Crippen molar-refractivity contribution in [3.8, 4) is 0 Å². The number of carbonyl (C=O) groups is 3. The lowest BCUT2D eigenvalue weighted by molar-refractivity contribution is -0.114. The van der Waals surface area contributed by atoms with Gasteiger partial charge in [0.1, 0.15) is 29.1 Å². The molecular formula is C23H13F5N2O3. The van der Waals surface area contributed by atoms with Crippen LogP contribution in [0.25, 0.3) is 0 Å². The summed E-state index contributed by atoms with van der Waals surface area (Å²) in [5, 5.41) is 2.28. The SMILES string of the molecule is O=C(NCc1c(F)cc(F)cc1F)c1ccc2c(c1)N(Cc1cc(F)cc(F)c1)C(=O)C2=O. The molecule has 0 spiro atoms. The molecule has 3 aromatic carbocycles. The number of hydrogen-bond donors (Lipinski definition) is 1. The number of rotatable bonds is 5. The normalized spacial score (nSPS) is 12.8. The van der Waals surface area contributed by atoms with Crippen molar-refractivity contribution in [2.45, 2.75) is 13.1 Å². The molecular weight excluding hydrogens is 447 g/mol. The lowest BCUT2D eigenvalue weighted by atomic mass is 10.1. The molecule has 0 bridgehead atoms. The minimum atomic E-state index is -1.17. The molecule has 0 unspecified atom stereocenters. The molecule has 2 amide bonds. The first-order valence-electron chi connectivity index (χ1n) is 9.51. The zero-order chi connectivity index (χ0) is 23.9. The van der Waals surface area contributed by atoms with Gasteiger partial charge in [0.05, 0.1) is 17.8 Å². The Morgan fingerprint density at radius 2 is 1.42 bits per heavy atom. The van der Waals surface area contributed by atoms with Crippen LogP contribution >= 0.6 is 0 Å². The lowest BCUT2D eigenvalue weighted by Gasteiger charge is -2.17. The predicted molar refractivity (Wildman–Crippen MR) is 106 cm³/mol. The van der Waals surface area contributed by atoms with Crippen LogP contribution in [-0.2, 0) is 17.9 Å².